The van der Waals surface area contributed by atoms with Gasteiger partial charge in [0, 0.05) is 36.8 Å². The molecule has 2 aromatic heterocycles. The number of benzene rings is 1. The number of hydrogen-bond acceptors (Lipinski definition) is 7. The van der Waals surface area contributed by atoms with Gasteiger partial charge in [0.1, 0.15) is 0 Å². The number of ether oxygens (including phenoxy) is 2. The van der Waals surface area contributed by atoms with Crippen molar-refractivity contribution in [3.05, 3.63) is 42.7 Å². The molecule has 3 aromatic rings. The summed E-state index contributed by atoms with van der Waals surface area (Å²) < 4.78 is 12.3. The number of thioether (sulfide) groups is 1. The van der Waals surface area contributed by atoms with Crippen LogP contribution in [0.25, 0.3) is 11.4 Å². The molecule has 3 rings (SSSR count). The predicted octanol–water partition coefficient (Wildman–Crippen LogP) is 2.63. The van der Waals surface area contributed by atoms with Gasteiger partial charge in [-0.2, -0.15) is 0 Å². The summed E-state index contributed by atoms with van der Waals surface area (Å²) in [7, 11) is 4.98. The van der Waals surface area contributed by atoms with Crippen molar-refractivity contribution in [1.29, 1.82) is 0 Å². The lowest BCUT2D eigenvalue weighted by molar-refractivity contribution is -0.113. The van der Waals surface area contributed by atoms with Crippen LogP contribution >= 0.6 is 11.8 Å². The average Bonchev–Trinajstić information content (AvgIpc) is 3.07. The van der Waals surface area contributed by atoms with E-state index in [-0.39, 0.29) is 11.7 Å². The van der Waals surface area contributed by atoms with E-state index in [4.69, 9.17) is 9.47 Å². The standard InChI is InChI=1S/C18H19N5O3S/c1-23-17(12-6-8-19-9-7-12)21-22-18(23)27-11-16(24)20-13-4-5-14(25-2)15(10-13)26-3/h4-10H,11H2,1-3H3,(H,20,24). The fourth-order valence-electron chi connectivity index (χ4n) is 2.43. The Kier molecular flexibility index (Phi) is 5.92. The number of carbonyl (C=O) groups excluding carboxylic acids is 1. The largest absolute Gasteiger partial charge is 0.493 e. The van der Waals surface area contributed by atoms with Gasteiger partial charge in [-0.05, 0) is 24.3 Å². The molecule has 0 saturated heterocycles. The van der Waals surface area contributed by atoms with Crippen LogP contribution in [-0.2, 0) is 11.8 Å². The van der Waals surface area contributed by atoms with Crippen LogP contribution in [0.15, 0.2) is 47.9 Å². The molecule has 1 N–H and O–H groups in total. The van der Waals surface area contributed by atoms with Gasteiger partial charge < -0.3 is 19.4 Å². The smallest absolute Gasteiger partial charge is 0.234 e. The first-order chi connectivity index (χ1) is 13.1. The Morgan fingerprint density at radius 3 is 2.56 bits per heavy atom. The van der Waals surface area contributed by atoms with Crippen LogP contribution < -0.4 is 14.8 Å². The molecule has 140 valence electrons. The average molecular weight is 385 g/mol. The number of amides is 1. The molecule has 0 bridgehead atoms. The molecule has 0 radical (unpaired) electrons. The molecule has 0 fully saturated rings. The molecule has 2 heterocycles. The summed E-state index contributed by atoms with van der Waals surface area (Å²) in [6, 6.07) is 8.94. The Morgan fingerprint density at radius 1 is 1.11 bits per heavy atom. The Hall–Kier alpha value is -3.07. The molecular formula is C18H19N5O3S. The third kappa shape index (κ3) is 4.37. The Morgan fingerprint density at radius 2 is 1.85 bits per heavy atom. The SMILES string of the molecule is COc1ccc(NC(=O)CSc2nnc(-c3ccncc3)n2C)cc1OC. The number of nitrogens with one attached hydrogen (secondary N) is 1. The van der Waals surface area contributed by atoms with Gasteiger partial charge in [0.05, 0.1) is 20.0 Å². The lowest BCUT2D eigenvalue weighted by Crippen LogP contribution is -2.14. The van der Waals surface area contributed by atoms with Crippen LogP contribution in [0.5, 0.6) is 11.5 Å². The molecule has 0 saturated carbocycles. The van der Waals surface area contributed by atoms with E-state index in [0.717, 1.165) is 11.4 Å². The maximum absolute atomic E-state index is 12.3. The van der Waals surface area contributed by atoms with Crippen molar-refractivity contribution in [1.82, 2.24) is 19.7 Å². The van der Waals surface area contributed by atoms with E-state index in [1.807, 2.05) is 23.7 Å². The van der Waals surface area contributed by atoms with Crippen LogP contribution in [0.1, 0.15) is 0 Å². The van der Waals surface area contributed by atoms with Gasteiger partial charge in [0.25, 0.3) is 0 Å². The van der Waals surface area contributed by atoms with E-state index < -0.39 is 0 Å². The summed E-state index contributed by atoms with van der Waals surface area (Å²) in [5, 5.41) is 11.8. The molecule has 8 nitrogen and oxygen atoms in total. The number of rotatable bonds is 7. The summed E-state index contributed by atoms with van der Waals surface area (Å²) in [5.41, 5.74) is 1.55. The van der Waals surface area contributed by atoms with Crippen molar-refractivity contribution >= 4 is 23.4 Å². The van der Waals surface area contributed by atoms with Gasteiger partial charge >= 0.3 is 0 Å². The number of nitrogens with zero attached hydrogens (tertiary/aromatic N) is 4. The molecule has 9 heteroatoms. The van der Waals surface area contributed by atoms with Crippen molar-refractivity contribution in [2.45, 2.75) is 5.16 Å². The minimum atomic E-state index is -0.152. The van der Waals surface area contributed by atoms with Gasteiger partial charge in [-0.25, -0.2) is 0 Å². The third-order valence-corrected chi connectivity index (χ3v) is 4.79. The number of anilines is 1. The maximum atomic E-state index is 12.3. The molecule has 0 aliphatic rings. The van der Waals surface area contributed by atoms with Gasteiger partial charge in [-0.1, -0.05) is 11.8 Å². The quantitative estimate of drug-likeness (QED) is 0.625. The minimum Gasteiger partial charge on any atom is -0.493 e. The van der Waals surface area contributed by atoms with Crippen molar-refractivity contribution in [2.24, 2.45) is 7.05 Å². The monoisotopic (exact) mass is 385 g/mol. The van der Waals surface area contributed by atoms with E-state index >= 15 is 0 Å². The van der Waals surface area contributed by atoms with E-state index in [0.29, 0.717) is 22.3 Å². The fraction of sp³-hybridized carbons (Fsp3) is 0.222. The van der Waals surface area contributed by atoms with E-state index in [2.05, 4.69) is 20.5 Å². The number of pyridine rings is 1. The fourth-order valence-corrected chi connectivity index (χ4v) is 3.15. The van der Waals surface area contributed by atoms with Gasteiger partial charge in [-0.15, -0.1) is 10.2 Å². The number of aromatic nitrogens is 4. The molecule has 0 aliphatic heterocycles. The lowest BCUT2D eigenvalue weighted by Gasteiger charge is -2.10. The van der Waals surface area contributed by atoms with Crippen molar-refractivity contribution in [3.8, 4) is 22.9 Å². The summed E-state index contributed by atoms with van der Waals surface area (Å²) >= 11 is 1.31. The highest BCUT2D eigenvalue weighted by molar-refractivity contribution is 7.99. The van der Waals surface area contributed by atoms with Crippen LogP contribution in [0, 0.1) is 0 Å². The van der Waals surface area contributed by atoms with E-state index in [9.17, 15) is 4.79 Å². The Labute approximate surface area is 160 Å². The number of hydrogen-bond donors (Lipinski definition) is 1. The summed E-state index contributed by atoms with van der Waals surface area (Å²) in [5.74, 6) is 1.93. The molecule has 0 spiro atoms. The van der Waals surface area contributed by atoms with Crippen LogP contribution in [0.2, 0.25) is 0 Å². The molecule has 1 amide bonds. The highest BCUT2D eigenvalue weighted by Gasteiger charge is 2.13. The zero-order chi connectivity index (χ0) is 19.2. The first-order valence-electron chi connectivity index (χ1n) is 8.07. The van der Waals surface area contributed by atoms with Crippen molar-refractivity contribution in [3.63, 3.8) is 0 Å². The second-order valence-corrected chi connectivity index (χ2v) is 6.45. The van der Waals surface area contributed by atoms with E-state index in [1.54, 1.807) is 44.8 Å². The Balaban J connectivity index is 1.62. The first kappa shape index (κ1) is 18.7. The third-order valence-electron chi connectivity index (χ3n) is 3.77. The second kappa shape index (κ2) is 8.54. The maximum Gasteiger partial charge on any atom is 0.234 e. The van der Waals surface area contributed by atoms with Crippen LogP contribution in [-0.4, -0.2) is 45.6 Å². The van der Waals surface area contributed by atoms with Crippen molar-refractivity contribution in [2.75, 3.05) is 25.3 Å². The second-order valence-electron chi connectivity index (χ2n) is 5.51. The van der Waals surface area contributed by atoms with Crippen molar-refractivity contribution < 1.29 is 14.3 Å². The van der Waals surface area contributed by atoms with Gasteiger partial charge in [0.15, 0.2) is 22.5 Å². The summed E-state index contributed by atoms with van der Waals surface area (Å²) in [6.45, 7) is 0. The minimum absolute atomic E-state index is 0.152. The molecule has 27 heavy (non-hydrogen) atoms. The van der Waals surface area contributed by atoms with Crippen LogP contribution in [0.3, 0.4) is 0 Å². The summed E-state index contributed by atoms with van der Waals surface area (Å²) in [4.78, 5) is 16.3. The lowest BCUT2D eigenvalue weighted by atomic mass is 10.2. The topological polar surface area (TPSA) is 91.2 Å². The molecule has 0 unspecified atom stereocenters. The molecular weight excluding hydrogens is 366 g/mol. The first-order valence-corrected chi connectivity index (χ1v) is 9.05. The molecule has 0 aliphatic carbocycles. The summed E-state index contributed by atoms with van der Waals surface area (Å²) in [6.07, 6.45) is 3.40. The van der Waals surface area contributed by atoms with Gasteiger partial charge in [0.2, 0.25) is 5.91 Å². The highest BCUT2D eigenvalue weighted by atomic mass is 32.2. The van der Waals surface area contributed by atoms with Gasteiger partial charge in [-0.3, -0.25) is 9.78 Å². The molecule has 0 atom stereocenters. The zero-order valence-electron chi connectivity index (χ0n) is 15.2. The predicted molar refractivity (Wildman–Crippen MR) is 103 cm³/mol. The van der Waals surface area contributed by atoms with Crippen LogP contribution in [0.4, 0.5) is 5.69 Å². The normalized spacial score (nSPS) is 10.5. The van der Waals surface area contributed by atoms with E-state index in [1.165, 1.54) is 11.8 Å². The Bertz CT molecular complexity index is 930. The zero-order valence-corrected chi connectivity index (χ0v) is 16.0. The number of methoxy groups -OCH3 is 2. The highest BCUT2D eigenvalue weighted by Crippen LogP contribution is 2.30. The molecule has 1 aromatic carbocycles. The number of carbonyl (C=O) groups is 1.